The molecule has 2 rings (SSSR count). The lowest BCUT2D eigenvalue weighted by molar-refractivity contribution is -0.385. The van der Waals surface area contributed by atoms with Crippen molar-refractivity contribution in [3.05, 3.63) is 69.5 Å². The fraction of sp³-hybridized carbons (Fsp3) is 0.316. The van der Waals surface area contributed by atoms with Crippen LogP contribution in [0.25, 0.3) is 0 Å². The third kappa shape index (κ3) is 6.78. The Morgan fingerprint density at radius 1 is 1.17 bits per heavy atom. The van der Waals surface area contributed by atoms with Crippen LogP contribution in [0.15, 0.2) is 52.4 Å². The van der Waals surface area contributed by atoms with Crippen LogP contribution in [0.2, 0.25) is 0 Å². The number of aliphatic imine (C=N–C) groups is 1. The Hall–Kier alpha value is -3.05. The van der Waals surface area contributed by atoms with Gasteiger partial charge in [0.25, 0.3) is 5.69 Å². The van der Waals surface area contributed by atoms with Gasteiger partial charge >= 0.3 is 0 Å². The summed E-state index contributed by atoms with van der Waals surface area (Å²) >= 11 is 0. The van der Waals surface area contributed by atoms with E-state index in [0.717, 1.165) is 6.07 Å². The highest BCUT2D eigenvalue weighted by molar-refractivity contribution is 7.89. The van der Waals surface area contributed by atoms with E-state index >= 15 is 0 Å². The number of non-ortho nitro benzene ring substituents is 1. The fourth-order valence-electron chi connectivity index (χ4n) is 2.46. The molecule has 0 aliphatic rings. The monoisotopic (exact) mass is 437 g/mol. The van der Waals surface area contributed by atoms with Gasteiger partial charge in [0.1, 0.15) is 5.82 Å². The van der Waals surface area contributed by atoms with E-state index in [2.05, 4.69) is 20.3 Å². The summed E-state index contributed by atoms with van der Waals surface area (Å²) in [5.41, 5.74) is 0.968. The van der Waals surface area contributed by atoms with E-state index in [1.165, 1.54) is 24.3 Å². The topological polar surface area (TPSA) is 126 Å². The molecule has 0 saturated heterocycles. The lowest BCUT2D eigenvalue weighted by Gasteiger charge is -2.12. The van der Waals surface area contributed by atoms with Crippen LogP contribution in [0.5, 0.6) is 0 Å². The van der Waals surface area contributed by atoms with Gasteiger partial charge < -0.3 is 10.6 Å². The average molecular weight is 437 g/mol. The smallest absolute Gasteiger partial charge is 0.270 e. The number of guanidine groups is 1. The summed E-state index contributed by atoms with van der Waals surface area (Å²) < 4.78 is 40.6. The zero-order valence-electron chi connectivity index (χ0n) is 16.7. The molecule has 11 heteroatoms. The van der Waals surface area contributed by atoms with Crippen molar-refractivity contribution >= 4 is 21.7 Å². The lowest BCUT2D eigenvalue weighted by Crippen LogP contribution is -2.41. The number of sulfonamides is 1. The lowest BCUT2D eigenvalue weighted by atomic mass is 10.1. The molecule has 0 atom stereocenters. The zero-order valence-corrected chi connectivity index (χ0v) is 17.5. The second-order valence-corrected chi connectivity index (χ2v) is 8.12. The molecule has 9 nitrogen and oxygen atoms in total. The first-order valence-electron chi connectivity index (χ1n) is 9.24. The van der Waals surface area contributed by atoms with Crippen molar-refractivity contribution in [3.8, 4) is 0 Å². The van der Waals surface area contributed by atoms with Crippen LogP contribution in [-0.4, -0.2) is 38.9 Å². The summed E-state index contributed by atoms with van der Waals surface area (Å²) in [5, 5.41) is 16.8. The molecule has 0 bridgehead atoms. The Bertz CT molecular complexity index is 1030. The van der Waals surface area contributed by atoms with Gasteiger partial charge in [0.2, 0.25) is 10.0 Å². The van der Waals surface area contributed by atoms with E-state index in [1.54, 1.807) is 19.1 Å². The number of halogens is 1. The Labute approximate surface area is 174 Å². The molecule has 0 aliphatic carbocycles. The van der Waals surface area contributed by atoms with Crippen molar-refractivity contribution in [2.75, 3.05) is 19.6 Å². The highest BCUT2D eigenvalue weighted by Gasteiger charge is 2.17. The first kappa shape index (κ1) is 23.2. The number of benzene rings is 2. The predicted molar refractivity (Wildman–Crippen MR) is 112 cm³/mol. The first-order chi connectivity index (χ1) is 14.2. The molecule has 30 heavy (non-hydrogen) atoms. The maximum Gasteiger partial charge on any atom is 0.270 e. The van der Waals surface area contributed by atoms with Crippen LogP contribution in [-0.2, 0) is 16.6 Å². The molecular formula is C19H24FN5O4S. The first-order valence-corrected chi connectivity index (χ1v) is 10.7. The predicted octanol–water partition coefficient (Wildman–Crippen LogP) is 2.08. The van der Waals surface area contributed by atoms with E-state index in [9.17, 15) is 22.9 Å². The van der Waals surface area contributed by atoms with Gasteiger partial charge in [-0.2, -0.15) is 0 Å². The number of nitrogens with zero attached hydrogens (tertiary/aromatic N) is 2. The van der Waals surface area contributed by atoms with Gasteiger partial charge in [-0.25, -0.2) is 22.5 Å². The summed E-state index contributed by atoms with van der Waals surface area (Å²) in [5.74, 6) is 0.157. The summed E-state index contributed by atoms with van der Waals surface area (Å²) in [7, 11) is -3.89. The van der Waals surface area contributed by atoms with Gasteiger partial charge in [-0.15, -0.1) is 0 Å². The van der Waals surface area contributed by atoms with E-state index in [1.807, 2.05) is 6.92 Å². The number of hydrogen-bond acceptors (Lipinski definition) is 5. The highest BCUT2D eigenvalue weighted by Crippen LogP contribution is 2.16. The van der Waals surface area contributed by atoms with Gasteiger partial charge in [0.15, 0.2) is 5.96 Å². The van der Waals surface area contributed by atoms with Crippen molar-refractivity contribution in [2.45, 2.75) is 25.3 Å². The van der Waals surface area contributed by atoms with E-state index in [0.29, 0.717) is 23.6 Å². The minimum absolute atomic E-state index is 0.0363. The van der Waals surface area contributed by atoms with Gasteiger partial charge in [0.05, 0.1) is 16.4 Å². The minimum atomic E-state index is -3.89. The molecule has 0 unspecified atom stereocenters. The molecule has 2 aromatic rings. The standard InChI is InChI=1S/C19H24FN5O4S/c1-3-21-19(23-13-15-8-7-14(2)18(20)11-15)22-9-10-24-30(28,29)17-6-4-5-16(12-17)25(26)27/h4-8,11-12,24H,3,9-10,13H2,1-2H3,(H2,21,22,23). The molecule has 0 radical (unpaired) electrons. The summed E-state index contributed by atoms with van der Waals surface area (Å²) in [6.07, 6.45) is 0. The van der Waals surface area contributed by atoms with Crippen LogP contribution < -0.4 is 15.4 Å². The Balaban J connectivity index is 1.92. The average Bonchev–Trinajstić information content (AvgIpc) is 2.71. The normalized spacial score (nSPS) is 11.9. The molecule has 0 heterocycles. The Kier molecular flexibility index (Phi) is 8.25. The van der Waals surface area contributed by atoms with Gasteiger partial charge in [-0.3, -0.25) is 10.1 Å². The number of hydrogen-bond donors (Lipinski definition) is 3. The number of aryl methyl sites for hydroxylation is 1. The van der Waals surface area contributed by atoms with Gasteiger partial charge in [-0.1, -0.05) is 18.2 Å². The van der Waals surface area contributed by atoms with Crippen molar-refractivity contribution in [2.24, 2.45) is 4.99 Å². The number of nitrogens with one attached hydrogen (secondary N) is 3. The zero-order chi connectivity index (χ0) is 22.1. The molecular weight excluding hydrogens is 413 g/mol. The molecule has 0 spiro atoms. The van der Waals surface area contributed by atoms with Crippen molar-refractivity contribution in [1.29, 1.82) is 0 Å². The summed E-state index contributed by atoms with van der Waals surface area (Å²) in [6.45, 7) is 4.67. The maximum absolute atomic E-state index is 13.6. The number of rotatable bonds is 9. The Morgan fingerprint density at radius 2 is 1.93 bits per heavy atom. The van der Waals surface area contributed by atoms with Crippen molar-refractivity contribution < 1.29 is 17.7 Å². The number of nitro benzene ring substituents is 1. The molecule has 162 valence electrons. The van der Waals surface area contributed by atoms with Crippen LogP contribution in [0, 0.1) is 22.9 Å². The number of nitro groups is 1. The third-order valence-corrected chi connectivity index (χ3v) is 5.51. The van der Waals surface area contributed by atoms with Gasteiger partial charge in [-0.05, 0) is 37.1 Å². The van der Waals surface area contributed by atoms with Crippen molar-refractivity contribution in [3.63, 3.8) is 0 Å². The van der Waals surface area contributed by atoms with Crippen LogP contribution in [0.1, 0.15) is 18.1 Å². The molecule has 0 amide bonds. The van der Waals surface area contributed by atoms with Crippen LogP contribution >= 0.6 is 0 Å². The molecule has 0 saturated carbocycles. The Morgan fingerprint density at radius 3 is 2.60 bits per heavy atom. The summed E-state index contributed by atoms with van der Waals surface area (Å²) in [6, 6.07) is 9.73. The van der Waals surface area contributed by atoms with Crippen LogP contribution in [0.4, 0.5) is 10.1 Å². The molecule has 0 aliphatic heterocycles. The molecule has 2 aromatic carbocycles. The highest BCUT2D eigenvalue weighted by atomic mass is 32.2. The molecule has 0 aromatic heterocycles. The minimum Gasteiger partial charge on any atom is -0.357 e. The van der Waals surface area contributed by atoms with E-state index in [4.69, 9.17) is 0 Å². The second-order valence-electron chi connectivity index (χ2n) is 6.36. The second kappa shape index (κ2) is 10.6. The molecule has 3 N–H and O–H groups in total. The quantitative estimate of drug-likeness (QED) is 0.181. The van der Waals surface area contributed by atoms with Crippen LogP contribution in [0.3, 0.4) is 0 Å². The van der Waals surface area contributed by atoms with Gasteiger partial charge in [0, 0.05) is 31.8 Å². The van der Waals surface area contributed by atoms with E-state index < -0.39 is 14.9 Å². The summed E-state index contributed by atoms with van der Waals surface area (Å²) in [4.78, 5) is 14.3. The largest absolute Gasteiger partial charge is 0.357 e. The molecule has 0 fully saturated rings. The maximum atomic E-state index is 13.6. The van der Waals surface area contributed by atoms with E-state index in [-0.39, 0.29) is 36.0 Å². The third-order valence-electron chi connectivity index (χ3n) is 4.05. The SMILES string of the molecule is CCNC(=NCc1ccc(C)c(F)c1)NCCNS(=O)(=O)c1cccc([N+](=O)[O-])c1. The fourth-order valence-corrected chi connectivity index (χ4v) is 3.53. The van der Waals surface area contributed by atoms with Crippen molar-refractivity contribution in [1.82, 2.24) is 15.4 Å².